The minimum Gasteiger partial charge on any atom is -0.330 e. The fourth-order valence-corrected chi connectivity index (χ4v) is 3.26. The van der Waals surface area contributed by atoms with E-state index in [4.69, 9.17) is 0 Å². The Labute approximate surface area is 149 Å². The van der Waals surface area contributed by atoms with Crippen LogP contribution < -0.4 is 0 Å². The van der Waals surface area contributed by atoms with E-state index >= 15 is 0 Å². The maximum atomic E-state index is 14.9. The molecule has 7 heteroatoms. The molecule has 0 atom stereocenters. The van der Waals surface area contributed by atoms with Crippen LogP contribution in [0.5, 0.6) is 0 Å². The van der Waals surface area contributed by atoms with Gasteiger partial charge >= 0.3 is 0 Å². The van der Waals surface area contributed by atoms with Gasteiger partial charge in [-0.15, -0.1) is 0 Å². The van der Waals surface area contributed by atoms with Crippen molar-refractivity contribution in [1.29, 1.82) is 0 Å². The summed E-state index contributed by atoms with van der Waals surface area (Å²) in [6, 6.07) is 3.41. The van der Waals surface area contributed by atoms with Crippen LogP contribution in [0.25, 0.3) is 0 Å². The average molecular weight is 395 g/mol. The molecule has 128 valence electrons. The van der Waals surface area contributed by atoms with Crippen LogP contribution in [0.3, 0.4) is 0 Å². The van der Waals surface area contributed by atoms with Gasteiger partial charge in [0.05, 0.1) is 28.8 Å². The first kappa shape index (κ1) is 17.1. The number of hydrogen-bond acceptors (Lipinski definition) is 3. The largest absolute Gasteiger partial charge is 0.330 e. The summed E-state index contributed by atoms with van der Waals surface area (Å²) in [5, 5.41) is 4.46. The van der Waals surface area contributed by atoms with Crippen LogP contribution in [-0.2, 0) is 11.2 Å². The lowest BCUT2D eigenvalue weighted by molar-refractivity contribution is -0.0243. The highest BCUT2D eigenvalue weighted by Gasteiger charge is 2.48. The highest BCUT2D eigenvalue weighted by atomic mass is 79.9. The number of amides is 1. The Hall–Kier alpha value is -1.76. The second kappa shape index (κ2) is 5.65. The Morgan fingerprint density at radius 3 is 2.58 bits per heavy atom. The Balaban J connectivity index is 1.86. The van der Waals surface area contributed by atoms with Gasteiger partial charge in [-0.2, -0.15) is 5.10 Å². The summed E-state index contributed by atoms with van der Waals surface area (Å²) in [5.74, 6) is -0.213. The van der Waals surface area contributed by atoms with Crippen molar-refractivity contribution in [3.8, 4) is 0 Å². The van der Waals surface area contributed by atoms with Crippen molar-refractivity contribution in [2.75, 3.05) is 13.1 Å². The topological polar surface area (TPSA) is 51.0 Å². The monoisotopic (exact) mass is 394 g/mol. The van der Waals surface area contributed by atoms with E-state index in [1.165, 1.54) is 11.1 Å². The molecule has 1 amide bonds. The van der Waals surface area contributed by atoms with E-state index in [2.05, 4.69) is 26.0 Å². The molecule has 2 aromatic heterocycles. The number of aryl methyl sites for hydroxylation is 1. The fraction of sp³-hybridized carbons (Fsp3) is 0.471. The molecule has 3 heterocycles. The first-order valence-electron chi connectivity index (χ1n) is 7.78. The summed E-state index contributed by atoms with van der Waals surface area (Å²) in [6.07, 6.45) is 3.12. The van der Waals surface area contributed by atoms with Crippen LogP contribution in [0.1, 0.15) is 42.5 Å². The Morgan fingerprint density at radius 1 is 1.38 bits per heavy atom. The van der Waals surface area contributed by atoms with Gasteiger partial charge < -0.3 is 4.90 Å². The van der Waals surface area contributed by atoms with Crippen LogP contribution >= 0.6 is 15.9 Å². The fourth-order valence-electron chi connectivity index (χ4n) is 2.84. The van der Waals surface area contributed by atoms with Crippen LogP contribution in [0.2, 0.25) is 0 Å². The number of halogens is 2. The summed E-state index contributed by atoms with van der Waals surface area (Å²) in [5.41, 5.74) is -0.157. The average Bonchev–Trinajstić information content (AvgIpc) is 2.80. The lowest BCUT2D eigenvalue weighted by Crippen LogP contribution is -2.59. The number of nitrogens with zero attached hydrogens (tertiary/aromatic N) is 4. The molecule has 1 fully saturated rings. The van der Waals surface area contributed by atoms with Crippen molar-refractivity contribution in [3.63, 3.8) is 0 Å². The van der Waals surface area contributed by atoms with Crippen molar-refractivity contribution >= 4 is 21.8 Å². The minimum atomic E-state index is -1.53. The van der Waals surface area contributed by atoms with E-state index in [1.807, 2.05) is 27.7 Å². The molecule has 5 nitrogen and oxygen atoms in total. The van der Waals surface area contributed by atoms with Crippen LogP contribution in [0.15, 0.2) is 29.0 Å². The number of likely N-dealkylation sites (tertiary alicyclic amines) is 1. The maximum Gasteiger partial charge on any atom is 0.273 e. The maximum absolute atomic E-state index is 14.9. The molecule has 0 spiro atoms. The van der Waals surface area contributed by atoms with Gasteiger partial charge in [0.1, 0.15) is 5.69 Å². The zero-order valence-electron chi connectivity index (χ0n) is 14.2. The van der Waals surface area contributed by atoms with Gasteiger partial charge in [0.25, 0.3) is 5.91 Å². The zero-order chi connectivity index (χ0) is 17.7. The molecule has 2 aromatic rings. The second-order valence-electron chi connectivity index (χ2n) is 7.20. The number of rotatable bonds is 2. The molecule has 0 unspecified atom stereocenters. The lowest BCUT2D eigenvalue weighted by atomic mass is 9.89. The van der Waals surface area contributed by atoms with Gasteiger partial charge in [0.2, 0.25) is 0 Å². The van der Waals surface area contributed by atoms with Gasteiger partial charge in [0, 0.05) is 18.0 Å². The summed E-state index contributed by atoms with van der Waals surface area (Å²) < 4.78 is 17.3. The molecule has 1 saturated heterocycles. The van der Waals surface area contributed by atoms with Crippen LogP contribution in [0.4, 0.5) is 4.39 Å². The van der Waals surface area contributed by atoms with E-state index in [0.29, 0.717) is 15.7 Å². The molecule has 1 aliphatic rings. The third kappa shape index (κ3) is 2.75. The van der Waals surface area contributed by atoms with Crippen LogP contribution in [-0.4, -0.2) is 38.7 Å². The molecule has 0 bridgehead atoms. The SMILES string of the molecule is Cc1nn(C(C)(C)C)c(C(=O)N2CC(F)(c3cccnc3)C2)c1Br. The number of alkyl halides is 1. The van der Waals surface area contributed by atoms with E-state index in [-0.39, 0.29) is 24.5 Å². The lowest BCUT2D eigenvalue weighted by Gasteiger charge is -2.44. The molecule has 3 rings (SSSR count). The molecule has 0 aromatic carbocycles. The summed E-state index contributed by atoms with van der Waals surface area (Å²) in [4.78, 5) is 18.4. The highest BCUT2D eigenvalue weighted by Crippen LogP contribution is 2.38. The first-order chi connectivity index (χ1) is 11.1. The number of aromatic nitrogens is 3. The van der Waals surface area contributed by atoms with Crippen molar-refractivity contribution in [3.05, 3.63) is 46.0 Å². The second-order valence-corrected chi connectivity index (χ2v) is 7.99. The van der Waals surface area contributed by atoms with Gasteiger partial charge in [-0.1, -0.05) is 6.07 Å². The quantitative estimate of drug-likeness (QED) is 0.783. The van der Waals surface area contributed by atoms with Crippen molar-refractivity contribution < 1.29 is 9.18 Å². The standard InChI is InChI=1S/C17H20BrFN4O/c1-11-13(18)14(23(21-11)16(2,3)4)15(24)22-9-17(19,10-22)12-6-5-7-20-8-12/h5-8H,9-10H2,1-4H3. The third-order valence-corrected chi connectivity index (χ3v) is 5.12. The zero-order valence-corrected chi connectivity index (χ0v) is 15.8. The van der Waals surface area contributed by atoms with E-state index < -0.39 is 5.67 Å². The Kier molecular flexibility index (Phi) is 4.02. The van der Waals surface area contributed by atoms with Crippen molar-refractivity contribution in [2.45, 2.75) is 38.9 Å². The van der Waals surface area contributed by atoms with E-state index in [9.17, 15) is 9.18 Å². The third-order valence-electron chi connectivity index (χ3n) is 4.17. The highest BCUT2D eigenvalue weighted by molar-refractivity contribution is 9.10. The number of pyridine rings is 1. The first-order valence-corrected chi connectivity index (χ1v) is 8.57. The van der Waals surface area contributed by atoms with Crippen molar-refractivity contribution in [2.24, 2.45) is 0 Å². The molecule has 0 saturated carbocycles. The molecule has 0 aliphatic carbocycles. The summed E-state index contributed by atoms with van der Waals surface area (Å²) in [7, 11) is 0. The van der Waals surface area contributed by atoms with Crippen LogP contribution in [0, 0.1) is 6.92 Å². The molecular formula is C17H20BrFN4O. The minimum absolute atomic E-state index is 0.0261. The molecular weight excluding hydrogens is 375 g/mol. The van der Waals surface area contributed by atoms with Gasteiger partial charge in [0.15, 0.2) is 5.67 Å². The van der Waals surface area contributed by atoms with Gasteiger partial charge in [-0.3, -0.25) is 14.5 Å². The van der Waals surface area contributed by atoms with Gasteiger partial charge in [-0.25, -0.2) is 4.39 Å². The Morgan fingerprint density at radius 2 is 2.04 bits per heavy atom. The summed E-state index contributed by atoms with van der Waals surface area (Å²) in [6.45, 7) is 7.83. The molecule has 0 radical (unpaired) electrons. The number of carbonyl (C=O) groups is 1. The van der Waals surface area contributed by atoms with Gasteiger partial charge in [-0.05, 0) is 49.7 Å². The smallest absolute Gasteiger partial charge is 0.273 e. The predicted molar refractivity (Wildman–Crippen MR) is 92.6 cm³/mol. The van der Waals surface area contributed by atoms with E-state index in [0.717, 1.165) is 5.69 Å². The Bertz CT molecular complexity index is 776. The molecule has 0 N–H and O–H groups in total. The predicted octanol–water partition coefficient (Wildman–Crippen LogP) is 3.42. The number of carbonyl (C=O) groups excluding carboxylic acids is 1. The summed E-state index contributed by atoms with van der Waals surface area (Å²) >= 11 is 3.45. The molecule has 24 heavy (non-hydrogen) atoms. The van der Waals surface area contributed by atoms with E-state index in [1.54, 1.807) is 23.0 Å². The molecule has 1 aliphatic heterocycles. The normalized spacial score (nSPS) is 16.8. The van der Waals surface area contributed by atoms with Crippen molar-refractivity contribution in [1.82, 2.24) is 19.7 Å². The number of hydrogen-bond donors (Lipinski definition) is 0.